The molecule has 0 unspecified atom stereocenters. The summed E-state index contributed by atoms with van der Waals surface area (Å²) in [4.78, 5) is 18.1. The maximum atomic E-state index is 12.2. The lowest BCUT2D eigenvalue weighted by atomic mass is 10.1. The Morgan fingerprint density at radius 3 is 3.00 bits per heavy atom. The number of hydrogen-bond donors (Lipinski definition) is 1. The van der Waals surface area contributed by atoms with E-state index in [9.17, 15) is 4.79 Å². The Labute approximate surface area is 106 Å². The number of rotatable bonds is 4. The summed E-state index contributed by atoms with van der Waals surface area (Å²) in [6.07, 6.45) is 2.56. The molecule has 94 valence electrons. The topological polar surface area (TPSA) is 59.2 Å². The zero-order valence-electron chi connectivity index (χ0n) is 10.5. The van der Waals surface area contributed by atoms with Crippen molar-refractivity contribution < 1.29 is 4.79 Å². The van der Waals surface area contributed by atoms with Gasteiger partial charge in [-0.25, -0.2) is 0 Å². The summed E-state index contributed by atoms with van der Waals surface area (Å²) in [6, 6.07) is 9.40. The second-order valence-electron chi connectivity index (χ2n) is 4.28. The molecule has 1 aromatic heterocycles. The molecule has 2 rings (SSSR count). The van der Waals surface area contributed by atoms with Crippen molar-refractivity contribution in [1.82, 2.24) is 9.88 Å². The molecule has 0 fully saturated rings. The van der Waals surface area contributed by atoms with Crippen LogP contribution in [0, 0.1) is 0 Å². The molecule has 0 aliphatic carbocycles. The number of nitrogens with zero attached hydrogens (tertiary/aromatic N) is 2. The molecule has 0 atom stereocenters. The number of aromatic nitrogens is 1. The molecule has 0 saturated heterocycles. The molecule has 2 N–H and O–H groups in total. The molecule has 0 spiro atoms. The maximum absolute atomic E-state index is 12.2. The van der Waals surface area contributed by atoms with Gasteiger partial charge in [0, 0.05) is 30.7 Å². The van der Waals surface area contributed by atoms with Crippen LogP contribution in [0.1, 0.15) is 16.8 Å². The predicted octanol–water partition coefficient (Wildman–Crippen LogP) is 1.66. The number of carbonyl (C=O) groups is 1. The lowest BCUT2D eigenvalue weighted by Gasteiger charge is -2.16. The number of amides is 1. The first-order valence-corrected chi connectivity index (χ1v) is 6.02. The number of hydrogen-bond acceptors (Lipinski definition) is 3. The number of fused-ring (bicyclic) bond motifs is 1. The molecule has 2 aromatic rings. The van der Waals surface area contributed by atoms with E-state index in [1.807, 2.05) is 30.3 Å². The van der Waals surface area contributed by atoms with Gasteiger partial charge in [-0.05, 0) is 37.2 Å². The van der Waals surface area contributed by atoms with Gasteiger partial charge in [-0.1, -0.05) is 6.07 Å². The fourth-order valence-electron chi connectivity index (χ4n) is 1.86. The number of carbonyl (C=O) groups excluding carboxylic acids is 1. The monoisotopic (exact) mass is 243 g/mol. The number of pyridine rings is 1. The third-order valence-electron chi connectivity index (χ3n) is 2.89. The van der Waals surface area contributed by atoms with E-state index in [0.717, 1.165) is 17.3 Å². The lowest BCUT2D eigenvalue weighted by Crippen LogP contribution is -2.28. The summed E-state index contributed by atoms with van der Waals surface area (Å²) in [5.74, 6) is 0.0224. The summed E-state index contributed by atoms with van der Waals surface area (Å²) in [5, 5.41) is 0.982. The Morgan fingerprint density at radius 2 is 2.22 bits per heavy atom. The quantitative estimate of drug-likeness (QED) is 0.888. The Hall–Kier alpha value is -1.94. The normalized spacial score (nSPS) is 10.6. The molecule has 1 aromatic carbocycles. The van der Waals surface area contributed by atoms with Crippen molar-refractivity contribution in [2.75, 3.05) is 20.1 Å². The standard InChI is InChI=1S/C14H17N3O/c1-17(9-3-7-15)14(18)12-5-6-13-11(10-12)4-2-8-16-13/h2,4-6,8,10H,3,7,9,15H2,1H3. The first-order valence-electron chi connectivity index (χ1n) is 6.02. The fraction of sp³-hybridized carbons (Fsp3) is 0.286. The molecule has 18 heavy (non-hydrogen) atoms. The Bertz CT molecular complexity index is 553. The molecule has 0 bridgehead atoms. The van der Waals surface area contributed by atoms with Gasteiger partial charge in [-0.2, -0.15) is 0 Å². The van der Waals surface area contributed by atoms with Gasteiger partial charge in [-0.15, -0.1) is 0 Å². The molecular formula is C14H17N3O. The van der Waals surface area contributed by atoms with Gasteiger partial charge in [-0.3, -0.25) is 9.78 Å². The van der Waals surface area contributed by atoms with Crippen molar-refractivity contribution in [3.05, 3.63) is 42.1 Å². The molecule has 4 nitrogen and oxygen atoms in total. The van der Waals surface area contributed by atoms with Crippen LogP contribution >= 0.6 is 0 Å². The zero-order chi connectivity index (χ0) is 13.0. The highest BCUT2D eigenvalue weighted by molar-refractivity contribution is 5.97. The molecule has 1 amide bonds. The van der Waals surface area contributed by atoms with E-state index in [4.69, 9.17) is 5.73 Å². The first-order chi connectivity index (χ1) is 8.72. The maximum Gasteiger partial charge on any atom is 0.253 e. The fourth-order valence-corrected chi connectivity index (χ4v) is 1.86. The molecule has 0 aliphatic rings. The number of nitrogens with two attached hydrogens (primary N) is 1. The van der Waals surface area contributed by atoms with Gasteiger partial charge in [0.1, 0.15) is 0 Å². The van der Waals surface area contributed by atoms with E-state index in [0.29, 0.717) is 18.7 Å². The highest BCUT2D eigenvalue weighted by atomic mass is 16.2. The second kappa shape index (κ2) is 5.60. The average molecular weight is 243 g/mol. The highest BCUT2D eigenvalue weighted by Crippen LogP contribution is 2.14. The van der Waals surface area contributed by atoms with Crippen molar-refractivity contribution in [3.8, 4) is 0 Å². The summed E-state index contributed by atoms with van der Waals surface area (Å²) < 4.78 is 0. The summed E-state index contributed by atoms with van der Waals surface area (Å²) in [6.45, 7) is 1.28. The molecule has 4 heteroatoms. The van der Waals surface area contributed by atoms with Crippen molar-refractivity contribution in [2.45, 2.75) is 6.42 Å². The van der Waals surface area contributed by atoms with E-state index < -0.39 is 0 Å². The minimum atomic E-state index is 0.0224. The van der Waals surface area contributed by atoms with E-state index in [1.54, 1.807) is 18.1 Å². The second-order valence-corrected chi connectivity index (χ2v) is 4.28. The van der Waals surface area contributed by atoms with Gasteiger partial charge < -0.3 is 10.6 Å². The van der Waals surface area contributed by atoms with Crippen LogP contribution in [0.3, 0.4) is 0 Å². The van der Waals surface area contributed by atoms with Crippen LogP contribution in [0.25, 0.3) is 10.9 Å². The SMILES string of the molecule is CN(CCCN)C(=O)c1ccc2ncccc2c1. The van der Waals surface area contributed by atoms with Gasteiger partial charge in [0.2, 0.25) is 0 Å². The third kappa shape index (κ3) is 2.65. The molecular weight excluding hydrogens is 226 g/mol. The van der Waals surface area contributed by atoms with Crippen molar-refractivity contribution in [2.24, 2.45) is 5.73 Å². The van der Waals surface area contributed by atoms with Gasteiger partial charge in [0.05, 0.1) is 5.52 Å². The first kappa shape index (κ1) is 12.5. The van der Waals surface area contributed by atoms with Crippen molar-refractivity contribution >= 4 is 16.8 Å². The van der Waals surface area contributed by atoms with Crippen LogP contribution < -0.4 is 5.73 Å². The lowest BCUT2D eigenvalue weighted by molar-refractivity contribution is 0.0794. The minimum absolute atomic E-state index is 0.0224. The third-order valence-corrected chi connectivity index (χ3v) is 2.89. The van der Waals surface area contributed by atoms with Crippen LogP contribution in [0.15, 0.2) is 36.5 Å². The Kier molecular flexibility index (Phi) is 3.89. The summed E-state index contributed by atoms with van der Waals surface area (Å²) in [7, 11) is 1.80. The molecule has 0 saturated carbocycles. The Morgan fingerprint density at radius 1 is 1.39 bits per heavy atom. The van der Waals surface area contributed by atoms with E-state index in [1.165, 1.54) is 0 Å². The van der Waals surface area contributed by atoms with Crippen LogP contribution in [-0.4, -0.2) is 35.9 Å². The van der Waals surface area contributed by atoms with Crippen molar-refractivity contribution in [1.29, 1.82) is 0 Å². The van der Waals surface area contributed by atoms with E-state index in [-0.39, 0.29) is 5.91 Å². The van der Waals surface area contributed by atoms with Gasteiger partial charge in [0.15, 0.2) is 0 Å². The van der Waals surface area contributed by atoms with Crippen molar-refractivity contribution in [3.63, 3.8) is 0 Å². The Balaban J connectivity index is 2.22. The van der Waals surface area contributed by atoms with Gasteiger partial charge >= 0.3 is 0 Å². The van der Waals surface area contributed by atoms with Crippen LogP contribution in [-0.2, 0) is 0 Å². The summed E-state index contributed by atoms with van der Waals surface area (Å²) in [5.41, 5.74) is 7.04. The minimum Gasteiger partial charge on any atom is -0.342 e. The van der Waals surface area contributed by atoms with Crippen LogP contribution in [0.5, 0.6) is 0 Å². The number of benzene rings is 1. The molecule has 0 radical (unpaired) electrons. The van der Waals surface area contributed by atoms with E-state index in [2.05, 4.69) is 4.98 Å². The van der Waals surface area contributed by atoms with E-state index >= 15 is 0 Å². The highest BCUT2D eigenvalue weighted by Gasteiger charge is 2.11. The molecule has 1 heterocycles. The van der Waals surface area contributed by atoms with Crippen LogP contribution in [0.4, 0.5) is 0 Å². The van der Waals surface area contributed by atoms with Gasteiger partial charge in [0.25, 0.3) is 5.91 Å². The smallest absolute Gasteiger partial charge is 0.253 e. The molecule has 0 aliphatic heterocycles. The largest absolute Gasteiger partial charge is 0.342 e. The summed E-state index contributed by atoms with van der Waals surface area (Å²) >= 11 is 0. The average Bonchev–Trinajstić information content (AvgIpc) is 2.43. The predicted molar refractivity (Wildman–Crippen MR) is 72.4 cm³/mol. The zero-order valence-corrected chi connectivity index (χ0v) is 10.5. The van der Waals surface area contributed by atoms with Crippen LogP contribution in [0.2, 0.25) is 0 Å².